The molecule has 1 heterocycles. The molecule has 0 aliphatic rings. The molecular weight excluding hydrogens is 271 g/mol. The number of nitrogens with one attached hydrogen (secondary N) is 1. The van der Waals surface area contributed by atoms with E-state index < -0.39 is 12.7 Å². The van der Waals surface area contributed by atoms with E-state index in [4.69, 9.17) is 0 Å². The molecule has 0 radical (unpaired) electrons. The van der Waals surface area contributed by atoms with Crippen LogP contribution in [0.2, 0.25) is 0 Å². The summed E-state index contributed by atoms with van der Waals surface area (Å²) in [6.45, 7) is 1.42. The van der Waals surface area contributed by atoms with Crippen molar-refractivity contribution in [3.8, 4) is 0 Å². The monoisotopic (exact) mass is 289 g/mol. The second kappa shape index (κ2) is 7.23. The van der Waals surface area contributed by atoms with Gasteiger partial charge in [0.25, 0.3) is 5.91 Å². The summed E-state index contributed by atoms with van der Waals surface area (Å²) < 4.78 is 36.2. The summed E-state index contributed by atoms with van der Waals surface area (Å²) >= 11 is 0. The maximum absolute atomic E-state index is 12.1. The minimum absolute atomic E-state index is 0.265. The molecule has 7 heteroatoms. The van der Waals surface area contributed by atoms with E-state index in [0.717, 1.165) is 5.69 Å². The Bertz CT molecular complexity index is 449. The van der Waals surface area contributed by atoms with Crippen LogP contribution in [-0.4, -0.2) is 48.6 Å². The molecule has 1 amide bonds. The van der Waals surface area contributed by atoms with Crippen molar-refractivity contribution in [1.82, 2.24) is 15.2 Å². The van der Waals surface area contributed by atoms with Crippen molar-refractivity contribution < 1.29 is 18.0 Å². The van der Waals surface area contributed by atoms with Crippen LogP contribution in [-0.2, 0) is 0 Å². The maximum atomic E-state index is 12.1. The Kier molecular flexibility index (Phi) is 5.94. The van der Waals surface area contributed by atoms with Gasteiger partial charge in [-0.3, -0.25) is 9.69 Å². The third-order valence-electron chi connectivity index (χ3n) is 2.57. The SMILES string of the molecule is Cc1cccc(C(=O)NCCCN(C)CC(F)(F)F)n1. The quantitative estimate of drug-likeness (QED) is 0.815. The molecule has 0 bridgehead atoms. The van der Waals surface area contributed by atoms with Crippen LogP contribution < -0.4 is 5.32 Å². The van der Waals surface area contributed by atoms with Crippen molar-refractivity contribution in [2.75, 3.05) is 26.7 Å². The van der Waals surface area contributed by atoms with Crippen molar-refractivity contribution in [3.05, 3.63) is 29.6 Å². The number of hydrogen-bond donors (Lipinski definition) is 1. The van der Waals surface area contributed by atoms with Gasteiger partial charge < -0.3 is 5.32 Å². The minimum atomic E-state index is -4.19. The Hall–Kier alpha value is -1.63. The molecule has 0 spiro atoms. The zero-order valence-corrected chi connectivity index (χ0v) is 11.5. The molecule has 0 saturated carbocycles. The van der Waals surface area contributed by atoms with E-state index in [0.29, 0.717) is 18.7 Å². The third-order valence-corrected chi connectivity index (χ3v) is 2.57. The molecule has 20 heavy (non-hydrogen) atoms. The molecule has 0 aromatic carbocycles. The van der Waals surface area contributed by atoms with Crippen LogP contribution in [0.15, 0.2) is 18.2 Å². The lowest BCUT2D eigenvalue weighted by Gasteiger charge is -2.18. The van der Waals surface area contributed by atoms with E-state index in [9.17, 15) is 18.0 Å². The molecule has 112 valence electrons. The molecular formula is C13H18F3N3O. The highest BCUT2D eigenvalue weighted by Crippen LogP contribution is 2.15. The number of pyridine rings is 1. The van der Waals surface area contributed by atoms with Gasteiger partial charge in [0.15, 0.2) is 0 Å². The van der Waals surface area contributed by atoms with Crippen LogP contribution in [0.25, 0.3) is 0 Å². The highest BCUT2D eigenvalue weighted by molar-refractivity contribution is 5.92. The van der Waals surface area contributed by atoms with Crippen molar-refractivity contribution in [3.63, 3.8) is 0 Å². The summed E-state index contributed by atoms with van der Waals surface area (Å²) in [5.74, 6) is -0.313. The van der Waals surface area contributed by atoms with Crippen LogP contribution in [0.4, 0.5) is 13.2 Å². The average Bonchev–Trinajstić information content (AvgIpc) is 2.32. The number of hydrogen-bond acceptors (Lipinski definition) is 3. The summed E-state index contributed by atoms with van der Waals surface area (Å²) in [5, 5.41) is 2.64. The first-order valence-corrected chi connectivity index (χ1v) is 6.25. The number of aromatic nitrogens is 1. The second-order valence-electron chi connectivity index (χ2n) is 4.63. The summed E-state index contributed by atoms with van der Waals surface area (Å²) in [7, 11) is 1.40. The van der Waals surface area contributed by atoms with E-state index in [-0.39, 0.29) is 12.5 Å². The number of carbonyl (C=O) groups excluding carboxylic acids is 1. The Labute approximate surface area is 116 Å². The lowest BCUT2D eigenvalue weighted by Crippen LogP contribution is -2.34. The Morgan fingerprint density at radius 1 is 1.40 bits per heavy atom. The molecule has 1 aromatic heterocycles. The lowest BCUT2D eigenvalue weighted by atomic mass is 10.3. The number of amides is 1. The van der Waals surface area contributed by atoms with Crippen LogP contribution in [0.3, 0.4) is 0 Å². The molecule has 0 aliphatic heterocycles. The second-order valence-corrected chi connectivity index (χ2v) is 4.63. The Morgan fingerprint density at radius 3 is 2.70 bits per heavy atom. The normalized spacial score (nSPS) is 11.7. The van der Waals surface area contributed by atoms with Crippen LogP contribution in [0.1, 0.15) is 22.6 Å². The first-order valence-electron chi connectivity index (χ1n) is 6.25. The molecule has 0 atom stereocenters. The number of aryl methyl sites for hydroxylation is 1. The standard InChI is InChI=1S/C13H18F3N3O/c1-10-5-3-6-11(18-10)12(20)17-7-4-8-19(2)9-13(14,15)16/h3,5-6H,4,7-9H2,1-2H3,(H,17,20). The first kappa shape index (κ1) is 16.4. The van der Waals surface area contributed by atoms with E-state index in [2.05, 4.69) is 10.3 Å². The van der Waals surface area contributed by atoms with Crippen molar-refractivity contribution in [1.29, 1.82) is 0 Å². The van der Waals surface area contributed by atoms with E-state index >= 15 is 0 Å². The van der Waals surface area contributed by atoms with Crippen molar-refractivity contribution in [2.24, 2.45) is 0 Å². The molecule has 0 fully saturated rings. The highest BCUT2D eigenvalue weighted by Gasteiger charge is 2.28. The molecule has 4 nitrogen and oxygen atoms in total. The average molecular weight is 289 g/mol. The summed E-state index contributed by atoms with van der Waals surface area (Å²) in [6.07, 6.45) is -3.74. The Balaban J connectivity index is 2.26. The van der Waals surface area contributed by atoms with Crippen LogP contribution in [0, 0.1) is 6.92 Å². The predicted molar refractivity (Wildman–Crippen MR) is 69.5 cm³/mol. The molecule has 1 rings (SSSR count). The summed E-state index contributed by atoms with van der Waals surface area (Å²) in [6, 6.07) is 5.11. The van der Waals surface area contributed by atoms with E-state index in [1.165, 1.54) is 11.9 Å². The van der Waals surface area contributed by atoms with Gasteiger partial charge in [-0.05, 0) is 39.1 Å². The lowest BCUT2D eigenvalue weighted by molar-refractivity contribution is -0.143. The van der Waals surface area contributed by atoms with Crippen molar-refractivity contribution >= 4 is 5.91 Å². The van der Waals surface area contributed by atoms with E-state index in [1.807, 2.05) is 0 Å². The molecule has 0 aliphatic carbocycles. The van der Waals surface area contributed by atoms with Crippen LogP contribution >= 0.6 is 0 Å². The first-order chi connectivity index (χ1) is 9.28. The summed E-state index contributed by atoms with van der Waals surface area (Å²) in [5.41, 5.74) is 1.05. The van der Waals surface area contributed by atoms with Gasteiger partial charge in [-0.2, -0.15) is 13.2 Å². The number of carbonyl (C=O) groups is 1. The van der Waals surface area contributed by atoms with Crippen molar-refractivity contribution in [2.45, 2.75) is 19.5 Å². The zero-order chi connectivity index (χ0) is 15.2. The third kappa shape index (κ3) is 6.51. The smallest absolute Gasteiger partial charge is 0.351 e. The van der Waals surface area contributed by atoms with Gasteiger partial charge in [0, 0.05) is 12.2 Å². The van der Waals surface area contributed by atoms with Gasteiger partial charge in [0.05, 0.1) is 6.54 Å². The van der Waals surface area contributed by atoms with E-state index in [1.54, 1.807) is 25.1 Å². The molecule has 1 aromatic rings. The van der Waals surface area contributed by atoms with Gasteiger partial charge in [-0.15, -0.1) is 0 Å². The Morgan fingerprint density at radius 2 is 2.10 bits per heavy atom. The van der Waals surface area contributed by atoms with Gasteiger partial charge in [0.2, 0.25) is 0 Å². The number of alkyl halides is 3. The van der Waals surface area contributed by atoms with Gasteiger partial charge in [-0.25, -0.2) is 4.98 Å². The molecule has 0 saturated heterocycles. The fourth-order valence-corrected chi connectivity index (χ4v) is 1.70. The summed E-state index contributed by atoms with van der Waals surface area (Å²) in [4.78, 5) is 16.9. The molecule has 0 unspecified atom stereocenters. The van der Waals surface area contributed by atoms with Gasteiger partial charge in [-0.1, -0.05) is 6.07 Å². The number of rotatable bonds is 6. The predicted octanol–water partition coefficient (Wildman–Crippen LogP) is 2.00. The van der Waals surface area contributed by atoms with Gasteiger partial charge >= 0.3 is 6.18 Å². The number of halogens is 3. The highest BCUT2D eigenvalue weighted by atomic mass is 19.4. The van der Waals surface area contributed by atoms with Crippen LogP contribution in [0.5, 0.6) is 0 Å². The topological polar surface area (TPSA) is 45.2 Å². The minimum Gasteiger partial charge on any atom is -0.351 e. The maximum Gasteiger partial charge on any atom is 0.401 e. The fraction of sp³-hybridized carbons (Fsp3) is 0.538. The largest absolute Gasteiger partial charge is 0.401 e. The van der Waals surface area contributed by atoms with Gasteiger partial charge in [0.1, 0.15) is 5.69 Å². The number of nitrogens with zero attached hydrogens (tertiary/aromatic N) is 2. The fourth-order valence-electron chi connectivity index (χ4n) is 1.70. The zero-order valence-electron chi connectivity index (χ0n) is 11.5. The molecule has 1 N–H and O–H groups in total.